The predicted molar refractivity (Wildman–Crippen MR) is 87.5 cm³/mol. The van der Waals surface area contributed by atoms with Crippen molar-refractivity contribution >= 4 is 11.9 Å². The van der Waals surface area contributed by atoms with Crippen LogP contribution in [0.2, 0.25) is 0 Å². The molecule has 2 rings (SSSR count). The van der Waals surface area contributed by atoms with Gasteiger partial charge in [0.2, 0.25) is 5.91 Å². The molecule has 0 saturated carbocycles. The number of nitrogens with zero attached hydrogens (tertiary/aromatic N) is 1. The van der Waals surface area contributed by atoms with Crippen LogP contribution in [-0.4, -0.2) is 36.5 Å². The molecule has 0 spiro atoms. The molecule has 1 aliphatic rings. The number of rotatable bonds is 7. The number of benzene rings is 1. The number of carbonyl (C=O) groups excluding carboxylic acids is 2. The van der Waals surface area contributed by atoms with Gasteiger partial charge in [0, 0.05) is 26.2 Å². The van der Waals surface area contributed by atoms with E-state index in [1.165, 1.54) is 0 Å². The third-order valence-electron chi connectivity index (χ3n) is 4.03. The van der Waals surface area contributed by atoms with Gasteiger partial charge in [-0.2, -0.15) is 0 Å². The zero-order chi connectivity index (χ0) is 16.7. The van der Waals surface area contributed by atoms with E-state index >= 15 is 0 Å². The Kier molecular flexibility index (Phi) is 6.40. The lowest BCUT2D eigenvalue weighted by atomic mass is 10.1. The van der Waals surface area contributed by atoms with Crippen LogP contribution in [0.3, 0.4) is 0 Å². The third-order valence-corrected chi connectivity index (χ3v) is 4.03. The summed E-state index contributed by atoms with van der Waals surface area (Å²) in [6.45, 7) is 4.77. The van der Waals surface area contributed by atoms with E-state index in [1.807, 2.05) is 24.3 Å². The molecule has 1 unspecified atom stereocenters. The molecule has 1 aromatic rings. The summed E-state index contributed by atoms with van der Waals surface area (Å²) >= 11 is 0. The van der Waals surface area contributed by atoms with Gasteiger partial charge in [0.25, 0.3) is 0 Å². The normalized spacial score (nSPS) is 17.3. The van der Waals surface area contributed by atoms with E-state index in [0.29, 0.717) is 32.7 Å². The van der Waals surface area contributed by atoms with Crippen molar-refractivity contribution in [1.29, 1.82) is 0 Å². The van der Waals surface area contributed by atoms with Crippen molar-refractivity contribution < 1.29 is 14.3 Å². The molecule has 3 N–H and O–H groups in total. The number of amides is 3. The Morgan fingerprint density at radius 3 is 2.74 bits per heavy atom. The summed E-state index contributed by atoms with van der Waals surface area (Å²) < 4.78 is 5.58. The van der Waals surface area contributed by atoms with Crippen LogP contribution >= 0.6 is 0 Å². The molecule has 1 saturated heterocycles. The fourth-order valence-corrected chi connectivity index (χ4v) is 2.66. The lowest BCUT2D eigenvalue weighted by Crippen LogP contribution is -2.39. The highest BCUT2D eigenvalue weighted by molar-refractivity contribution is 5.80. The van der Waals surface area contributed by atoms with Crippen LogP contribution in [0.4, 0.5) is 4.79 Å². The topological polar surface area (TPSA) is 84.7 Å². The first kappa shape index (κ1) is 17.3. The zero-order valence-corrected chi connectivity index (χ0v) is 13.6. The maximum Gasteiger partial charge on any atom is 0.317 e. The van der Waals surface area contributed by atoms with E-state index in [4.69, 9.17) is 10.5 Å². The molecule has 3 amide bonds. The molecule has 1 heterocycles. The number of primary amides is 1. The Labute approximate surface area is 137 Å². The van der Waals surface area contributed by atoms with E-state index < -0.39 is 0 Å². The number of hydrogen-bond acceptors (Lipinski definition) is 3. The number of likely N-dealkylation sites (tertiary alicyclic amines) is 1. The van der Waals surface area contributed by atoms with Crippen molar-refractivity contribution in [2.24, 2.45) is 11.7 Å². The second-order valence-corrected chi connectivity index (χ2v) is 5.81. The van der Waals surface area contributed by atoms with Crippen LogP contribution in [0.25, 0.3) is 0 Å². The Hall–Kier alpha value is -2.08. The summed E-state index contributed by atoms with van der Waals surface area (Å²) in [5.74, 6) is -0.561. The largest absolute Gasteiger partial charge is 0.377 e. The molecular weight excluding hydrogens is 294 g/mol. The highest BCUT2D eigenvalue weighted by atomic mass is 16.5. The lowest BCUT2D eigenvalue weighted by molar-refractivity contribution is -0.121. The van der Waals surface area contributed by atoms with Crippen LogP contribution in [0.5, 0.6) is 0 Å². The van der Waals surface area contributed by atoms with Gasteiger partial charge in [0.15, 0.2) is 0 Å². The van der Waals surface area contributed by atoms with E-state index in [2.05, 4.69) is 12.2 Å². The van der Waals surface area contributed by atoms with Gasteiger partial charge in [0.05, 0.1) is 12.5 Å². The smallest absolute Gasteiger partial charge is 0.317 e. The predicted octanol–water partition coefficient (Wildman–Crippen LogP) is 1.63. The van der Waals surface area contributed by atoms with Crippen molar-refractivity contribution in [1.82, 2.24) is 10.2 Å². The van der Waals surface area contributed by atoms with Crippen molar-refractivity contribution in [3.8, 4) is 0 Å². The summed E-state index contributed by atoms with van der Waals surface area (Å²) in [5.41, 5.74) is 7.42. The molecule has 1 aliphatic heterocycles. The number of urea groups is 1. The molecule has 23 heavy (non-hydrogen) atoms. The molecule has 126 valence electrons. The SMILES string of the molecule is CCCOCc1ccccc1CNC(=O)N1CCC(C(N)=O)C1. The van der Waals surface area contributed by atoms with Crippen molar-refractivity contribution in [3.63, 3.8) is 0 Å². The maximum absolute atomic E-state index is 12.2. The first-order chi connectivity index (χ1) is 11.1. The number of hydrogen-bond donors (Lipinski definition) is 2. The van der Waals surface area contributed by atoms with Gasteiger partial charge in [0.1, 0.15) is 0 Å². The Balaban J connectivity index is 1.86. The monoisotopic (exact) mass is 319 g/mol. The highest BCUT2D eigenvalue weighted by Gasteiger charge is 2.29. The Morgan fingerprint density at radius 2 is 2.09 bits per heavy atom. The van der Waals surface area contributed by atoms with Crippen LogP contribution in [0, 0.1) is 5.92 Å². The molecular formula is C17H25N3O3. The summed E-state index contributed by atoms with van der Waals surface area (Å²) in [4.78, 5) is 25.0. The maximum atomic E-state index is 12.2. The van der Waals surface area contributed by atoms with Crippen LogP contribution in [0.15, 0.2) is 24.3 Å². The zero-order valence-electron chi connectivity index (χ0n) is 13.6. The summed E-state index contributed by atoms with van der Waals surface area (Å²) in [6.07, 6.45) is 1.62. The number of nitrogens with two attached hydrogens (primary N) is 1. The molecule has 1 aromatic carbocycles. The third kappa shape index (κ3) is 4.96. The van der Waals surface area contributed by atoms with E-state index in [1.54, 1.807) is 4.90 Å². The second kappa shape index (κ2) is 8.53. The van der Waals surface area contributed by atoms with Crippen molar-refractivity contribution in [2.75, 3.05) is 19.7 Å². The van der Waals surface area contributed by atoms with E-state index in [9.17, 15) is 9.59 Å². The molecule has 1 fully saturated rings. The molecule has 0 bridgehead atoms. The van der Waals surface area contributed by atoms with Gasteiger partial charge in [-0.05, 0) is 24.0 Å². The van der Waals surface area contributed by atoms with Gasteiger partial charge in [-0.1, -0.05) is 31.2 Å². The summed E-state index contributed by atoms with van der Waals surface area (Å²) in [6, 6.07) is 7.76. The highest BCUT2D eigenvalue weighted by Crippen LogP contribution is 2.16. The molecule has 6 heteroatoms. The van der Waals surface area contributed by atoms with Gasteiger partial charge in [-0.15, -0.1) is 0 Å². The number of nitrogens with one attached hydrogen (secondary N) is 1. The fourth-order valence-electron chi connectivity index (χ4n) is 2.66. The summed E-state index contributed by atoms with van der Waals surface area (Å²) in [7, 11) is 0. The number of ether oxygens (including phenoxy) is 1. The number of carbonyl (C=O) groups is 2. The van der Waals surface area contributed by atoms with Gasteiger partial charge in [-0.3, -0.25) is 4.79 Å². The van der Waals surface area contributed by atoms with Crippen LogP contribution in [0.1, 0.15) is 30.9 Å². The van der Waals surface area contributed by atoms with E-state index in [-0.39, 0.29) is 17.9 Å². The lowest BCUT2D eigenvalue weighted by Gasteiger charge is -2.18. The molecule has 0 aromatic heterocycles. The molecule has 0 radical (unpaired) electrons. The average molecular weight is 319 g/mol. The van der Waals surface area contributed by atoms with Crippen molar-refractivity contribution in [2.45, 2.75) is 32.9 Å². The first-order valence-electron chi connectivity index (χ1n) is 8.08. The minimum absolute atomic E-state index is 0.155. The standard InChI is InChI=1S/C17H25N3O3/c1-2-9-23-12-15-6-4-3-5-13(15)10-19-17(22)20-8-7-14(11-20)16(18)21/h3-6,14H,2,7-12H2,1H3,(H2,18,21)(H,19,22). The minimum Gasteiger partial charge on any atom is -0.377 e. The minimum atomic E-state index is -0.335. The second-order valence-electron chi connectivity index (χ2n) is 5.81. The molecule has 0 aliphatic carbocycles. The average Bonchev–Trinajstić information content (AvgIpc) is 3.04. The summed E-state index contributed by atoms with van der Waals surface area (Å²) in [5, 5.41) is 2.91. The first-order valence-corrected chi connectivity index (χ1v) is 8.08. The van der Waals surface area contributed by atoms with E-state index in [0.717, 1.165) is 24.2 Å². The van der Waals surface area contributed by atoms with Gasteiger partial charge < -0.3 is 20.7 Å². The van der Waals surface area contributed by atoms with Crippen LogP contribution in [-0.2, 0) is 22.7 Å². The van der Waals surface area contributed by atoms with Crippen molar-refractivity contribution in [3.05, 3.63) is 35.4 Å². The Morgan fingerprint density at radius 1 is 1.35 bits per heavy atom. The van der Waals surface area contributed by atoms with Gasteiger partial charge in [-0.25, -0.2) is 4.79 Å². The fraction of sp³-hybridized carbons (Fsp3) is 0.529. The Bertz CT molecular complexity index is 548. The van der Waals surface area contributed by atoms with Gasteiger partial charge >= 0.3 is 6.03 Å². The quantitative estimate of drug-likeness (QED) is 0.749. The van der Waals surface area contributed by atoms with Crippen LogP contribution < -0.4 is 11.1 Å². The molecule has 1 atom stereocenters. The molecule has 6 nitrogen and oxygen atoms in total.